The van der Waals surface area contributed by atoms with Gasteiger partial charge in [-0.2, -0.15) is 0 Å². The van der Waals surface area contributed by atoms with Crippen molar-refractivity contribution in [3.63, 3.8) is 0 Å². The Labute approximate surface area is 323 Å². The second-order valence-electron chi connectivity index (χ2n) is 18.8. The first-order chi connectivity index (χ1) is 26.0. The first kappa shape index (κ1) is 40.5. The molecule has 0 amide bonds. The molecule has 6 N–H and O–H groups in total. The number of rotatable bonds is 7. The van der Waals surface area contributed by atoms with Gasteiger partial charge >= 0.3 is 5.97 Å². The standard InChI is InChI=1S/C41H64O14/c1-19-36(46)28(42)15-34(50-19)54-30-17-35(51-20(2)37(30)47)55-38-21(3)52-33(16-29(38)43)53-24-8-10-39(4)23(13-24)6-7-26-27(39)14-31(44)40(5)25(9-11-41(26,40)48)22-12-32(45)49-18-22/h12,19-21,23-31,33-38,42-44,46-48H,6-11,13-18H2,1-5H3. The van der Waals surface area contributed by atoms with Gasteiger partial charge in [-0.25, -0.2) is 4.79 Å². The molecule has 0 spiro atoms. The number of carbonyl (C=O) groups is 1. The van der Waals surface area contributed by atoms with Crippen LogP contribution >= 0.6 is 0 Å². The van der Waals surface area contributed by atoms with Gasteiger partial charge in [-0.3, -0.25) is 0 Å². The number of cyclic esters (lactones) is 1. The van der Waals surface area contributed by atoms with E-state index in [-0.39, 0.29) is 61.1 Å². The summed E-state index contributed by atoms with van der Waals surface area (Å²) in [6, 6.07) is 0. The van der Waals surface area contributed by atoms with Gasteiger partial charge in [-0.15, -0.1) is 0 Å². The zero-order valence-electron chi connectivity index (χ0n) is 32.9. The molecule has 0 aromatic heterocycles. The Balaban J connectivity index is 0.855. The molecule has 0 radical (unpaired) electrons. The van der Waals surface area contributed by atoms with Crippen LogP contribution in [0.4, 0.5) is 0 Å². The molecule has 0 aromatic carbocycles. The average Bonchev–Trinajstić information content (AvgIpc) is 3.68. The fourth-order valence-electron chi connectivity index (χ4n) is 12.7. The van der Waals surface area contributed by atoms with Gasteiger partial charge in [0.1, 0.15) is 24.9 Å². The quantitative estimate of drug-likeness (QED) is 0.162. The first-order valence-electron chi connectivity index (χ1n) is 20.9. The van der Waals surface area contributed by atoms with E-state index in [0.717, 1.165) is 44.1 Å². The van der Waals surface area contributed by atoms with Gasteiger partial charge < -0.3 is 63.8 Å². The number of aliphatic hydroxyl groups is 6. The van der Waals surface area contributed by atoms with Crippen LogP contribution in [0.15, 0.2) is 11.6 Å². The third-order valence-electron chi connectivity index (χ3n) is 16.0. The van der Waals surface area contributed by atoms with E-state index < -0.39 is 90.9 Å². The van der Waals surface area contributed by atoms with Gasteiger partial charge in [-0.05, 0) is 107 Å². The minimum absolute atomic E-state index is 0.0488. The number of hydrogen-bond acceptors (Lipinski definition) is 14. The molecule has 7 fully saturated rings. The molecule has 8 aliphatic rings. The molecule has 3 saturated heterocycles. The van der Waals surface area contributed by atoms with Crippen LogP contribution in [0.2, 0.25) is 0 Å². The zero-order valence-corrected chi connectivity index (χ0v) is 32.9. The van der Waals surface area contributed by atoms with Gasteiger partial charge in [0, 0.05) is 30.8 Å². The monoisotopic (exact) mass is 780 g/mol. The molecular formula is C41H64O14. The Morgan fingerprint density at radius 1 is 0.709 bits per heavy atom. The lowest BCUT2D eigenvalue weighted by molar-refractivity contribution is -0.334. The smallest absolute Gasteiger partial charge is 0.331 e. The maximum Gasteiger partial charge on any atom is 0.331 e. The first-order valence-corrected chi connectivity index (χ1v) is 20.9. The summed E-state index contributed by atoms with van der Waals surface area (Å²) in [5.74, 6) is 0.196. The summed E-state index contributed by atoms with van der Waals surface area (Å²) >= 11 is 0. The largest absolute Gasteiger partial charge is 0.458 e. The Morgan fingerprint density at radius 2 is 1.38 bits per heavy atom. The van der Waals surface area contributed by atoms with Crippen LogP contribution in [0.5, 0.6) is 0 Å². The van der Waals surface area contributed by atoms with E-state index in [4.69, 9.17) is 33.2 Å². The summed E-state index contributed by atoms with van der Waals surface area (Å²) in [6.45, 7) is 9.86. The van der Waals surface area contributed by atoms with E-state index >= 15 is 0 Å². The minimum atomic E-state index is -1.01. The lowest BCUT2D eigenvalue weighted by Gasteiger charge is -2.65. The van der Waals surface area contributed by atoms with E-state index in [1.807, 2.05) is 13.8 Å². The fraction of sp³-hybridized carbons (Fsp3) is 0.927. The van der Waals surface area contributed by atoms with Crippen LogP contribution in [-0.4, -0.2) is 135 Å². The molecule has 0 bridgehead atoms. The summed E-state index contributed by atoms with van der Waals surface area (Å²) in [6.07, 6.45) is -1.58. The molecule has 4 aliphatic carbocycles. The highest BCUT2D eigenvalue weighted by Crippen LogP contribution is 2.70. The van der Waals surface area contributed by atoms with Crippen molar-refractivity contribution < 1.29 is 68.6 Å². The normalized spacial score (nSPS) is 55.5. The van der Waals surface area contributed by atoms with Crippen molar-refractivity contribution in [1.29, 1.82) is 0 Å². The van der Waals surface area contributed by atoms with E-state index in [2.05, 4.69) is 6.92 Å². The van der Waals surface area contributed by atoms with Crippen molar-refractivity contribution in [2.45, 2.75) is 197 Å². The van der Waals surface area contributed by atoms with E-state index in [0.29, 0.717) is 18.8 Å². The molecule has 14 heteroatoms. The van der Waals surface area contributed by atoms with E-state index in [1.165, 1.54) is 0 Å². The van der Waals surface area contributed by atoms with Crippen LogP contribution in [0.25, 0.3) is 0 Å². The molecule has 4 aliphatic heterocycles. The molecule has 21 unspecified atom stereocenters. The molecule has 14 nitrogen and oxygen atoms in total. The number of carbonyl (C=O) groups excluding carboxylic acids is 1. The highest BCUT2D eigenvalue weighted by molar-refractivity contribution is 5.85. The molecule has 8 rings (SSSR count). The summed E-state index contributed by atoms with van der Waals surface area (Å²) in [5, 5.41) is 66.9. The number of aliphatic hydroxyl groups excluding tert-OH is 5. The highest BCUT2D eigenvalue weighted by Gasteiger charge is 2.71. The van der Waals surface area contributed by atoms with Crippen LogP contribution in [0.3, 0.4) is 0 Å². The lowest BCUT2D eigenvalue weighted by atomic mass is 9.42. The number of fused-ring (bicyclic) bond motifs is 5. The van der Waals surface area contributed by atoms with Crippen LogP contribution in [0.1, 0.15) is 105 Å². The Morgan fingerprint density at radius 3 is 2.07 bits per heavy atom. The predicted molar refractivity (Wildman–Crippen MR) is 193 cm³/mol. The molecule has 312 valence electrons. The van der Waals surface area contributed by atoms with E-state index in [1.54, 1.807) is 19.9 Å². The van der Waals surface area contributed by atoms with Crippen molar-refractivity contribution in [2.24, 2.45) is 34.5 Å². The van der Waals surface area contributed by atoms with Gasteiger partial charge in [0.15, 0.2) is 18.9 Å². The summed E-state index contributed by atoms with van der Waals surface area (Å²) in [7, 11) is 0. The number of esters is 1. The van der Waals surface area contributed by atoms with Crippen molar-refractivity contribution in [2.75, 3.05) is 6.61 Å². The predicted octanol–water partition coefficient (Wildman–Crippen LogP) is 2.22. The molecule has 0 aromatic rings. The second kappa shape index (κ2) is 15.1. The van der Waals surface area contributed by atoms with Crippen LogP contribution in [0, 0.1) is 34.5 Å². The fourth-order valence-corrected chi connectivity index (χ4v) is 12.7. The average molecular weight is 781 g/mol. The molecule has 21 atom stereocenters. The Bertz CT molecular complexity index is 1420. The van der Waals surface area contributed by atoms with Crippen molar-refractivity contribution in [3.05, 3.63) is 11.6 Å². The summed E-state index contributed by atoms with van der Waals surface area (Å²) in [5.41, 5.74) is -0.898. The van der Waals surface area contributed by atoms with Crippen molar-refractivity contribution >= 4 is 5.97 Å². The number of ether oxygens (including phenoxy) is 7. The molecular weight excluding hydrogens is 716 g/mol. The van der Waals surface area contributed by atoms with Gasteiger partial charge in [-0.1, -0.05) is 13.8 Å². The van der Waals surface area contributed by atoms with Crippen molar-refractivity contribution in [3.8, 4) is 0 Å². The van der Waals surface area contributed by atoms with Crippen LogP contribution < -0.4 is 0 Å². The third-order valence-corrected chi connectivity index (χ3v) is 16.0. The van der Waals surface area contributed by atoms with Gasteiger partial charge in [0.05, 0.1) is 54.4 Å². The lowest BCUT2D eigenvalue weighted by Crippen LogP contribution is -2.67. The summed E-state index contributed by atoms with van der Waals surface area (Å²) in [4.78, 5) is 11.9. The second-order valence-corrected chi connectivity index (χ2v) is 18.8. The molecule has 4 saturated carbocycles. The molecule has 55 heavy (non-hydrogen) atoms. The van der Waals surface area contributed by atoms with E-state index in [9.17, 15) is 35.4 Å². The third kappa shape index (κ3) is 6.95. The molecule has 4 heterocycles. The number of hydrogen-bond donors (Lipinski definition) is 6. The summed E-state index contributed by atoms with van der Waals surface area (Å²) < 4.78 is 42.2. The van der Waals surface area contributed by atoms with Gasteiger partial charge in [0.25, 0.3) is 0 Å². The zero-order chi connectivity index (χ0) is 39.2. The minimum Gasteiger partial charge on any atom is -0.458 e. The topological polar surface area (TPSA) is 203 Å². The van der Waals surface area contributed by atoms with Gasteiger partial charge in [0.2, 0.25) is 0 Å². The maximum atomic E-state index is 12.6. The SMILES string of the molecule is CC1OC(OC2CC(OC3C(O)CC(OC4CCC5(C)C(CCC6C5CC(O)C5(C)C(C7=CC(=O)OC7)CCC65O)C4)OC3C)OC(C)C2O)CC(O)C1O. The Kier molecular flexibility index (Phi) is 11.1. The van der Waals surface area contributed by atoms with Crippen molar-refractivity contribution in [1.82, 2.24) is 0 Å². The Hall–Kier alpha value is -1.27. The van der Waals surface area contributed by atoms with Crippen LogP contribution in [-0.2, 0) is 38.0 Å². The highest BCUT2D eigenvalue weighted by atomic mass is 16.7. The maximum absolute atomic E-state index is 12.6.